The number of anilines is 1. The van der Waals surface area contributed by atoms with Crippen molar-refractivity contribution in [2.75, 3.05) is 64.9 Å². The number of aliphatic hydroxyl groups is 2. The van der Waals surface area contributed by atoms with Crippen molar-refractivity contribution in [1.29, 1.82) is 0 Å². The van der Waals surface area contributed by atoms with E-state index in [0.717, 1.165) is 26.3 Å². The molecule has 7 rings (SSSR count). The summed E-state index contributed by atoms with van der Waals surface area (Å²) in [5.41, 5.74) is 5.03. The van der Waals surface area contributed by atoms with Crippen molar-refractivity contribution in [3.05, 3.63) is 16.7 Å². The summed E-state index contributed by atoms with van der Waals surface area (Å²) < 4.78 is 36.3. The molecule has 18 nitrogen and oxygen atoms in total. The van der Waals surface area contributed by atoms with Crippen LogP contribution in [0, 0.1) is 0 Å². The van der Waals surface area contributed by atoms with Gasteiger partial charge < -0.3 is 45.3 Å². The van der Waals surface area contributed by atoms with Crippen molar-refractivity contribution in [2.45, 2.75) is 101 Å². The summed E-state index contributed by atoms with van der Waals surface area (Å²) in [5.74, 6) is 1.03. The Bertz CT molecular complexity index is 1520. The maximum Gasteiger partial charge on any atom is 0.405 e. The number of aromatic amines is 1. The van der Waals surface area contributed by atoms with Gasteiger partial charge in [0.2, 0.25) is 5.95 Å². The van der Waals surface area contributed by atoms with E-state index in [9.17, 15) is 24.5 Å². The minimum Gasteiger partial charge on any atom is -0.387 e. The Morgan fingerprint density at radius 1 is 1.00 bits per heavy atom. The minimum atomic E-state index is -4.11. The van der Waals surface area contributed by atoms with E-state index in [2.05, 4.69) is 25.2 Å². The van der Waals surface area contributed by atoms with E-state index in [4.69, 9.17) is 29.5 Å². The Labute approximate surface area is 290 Å². The lowest BCUT2D eigenvalue weighted by molar-refractivity contribution is -0.0507. The van der Waals surface area contributed by atoms with E-state index < -0.39 is 44.5 Å². The Morgan fingerprint density at radius 2 is 1.64 bits per heavy atom. The van der Waals surface area contributed by atoms with E-state index in [0.29, 0.717) is 25.3 Å². The lowest BCUT2D eigenvalue weighted by Crippen LogP contribution is -2.51. The standard InChI is InChI=1S/C17H31N3O.C14H21N6O8P/c1-3-7-15(8-4-1)18-17(20-11-13-21-14-12-20)19-16-9-5-2-6-10-16;15-14-17-11-8(12(23)18-14)16-6-20(11)13-10(22)9(21)7(28-13)5-27-29(24,25)19-1-3-26-4-2-19/h15-16H,1-14H2,(H,18,19);6-7,9-10,13,21-22H,1-5H2,(H,24,25)(H3,15,17,18,23). The Balaban J connectivity index is 0.000000182. The van der Waals surface area contributed by atoms with Crippen LogP contribution in [0.5, 0.6) is 0 Å². The van der Waals surface area contributed by atoms with Crippen LogP contribution in [0.25, 0.3) is 11.2 Å². The molecule has 2 aromatic heterocycles. The second-order valence-electron chi connectivity index (χ2n) is 13.5. The topological polar surface area (TPSA) is 235 Å². The van der Waals surface area contributed by atoms with Crippen molar-refractivity contribution in [3.63, 3.8) is 0 Å². The molecule has 0 spiro atoms. The molecule has 0 aromatic carbocycles. The highest BCUT2D eigenvalue weighted by molar-refractivity contribution is 7.50. The van der Waals surface area contributed by atoms with Gasteiger partial charge in [0.1, 0.15) is 18.3 Å². The highest BCUT2D eigenvalue weighted by atomic mass is 31.2. The number of aliphatic imine (C=N–C) groups is 1. The first-order chi connectivity index (χ1) is 24.2. The number of fused-ring (bicyclic) bond motifs is 1. The molecule has 5 heterocycles. The third kappa shape index (κ3) is 9.21. The number of imidazole rings is 1. The summed E-state index contributed by atoms with van der Waals surface area (Å²) in [7, 11) is -4.11. The largest absolute Gasteiger partial charge is 0.405 e. The molecule has 2 aromatic rings. The molecule has 0 bridgehead atoms. The maximum atomic E-state index is 12.4. The van der Waals surface area contributed by atoms with Gasteiger partial charge in [0.05, 0.1) is 45.4 Å². The van der Waals surface area contributed by atoms with Crippen molar-refractivity contribution in [2.24, 2.45) is 4.99 Å². The zero-order valence-electron chi connectivity index (χ0n) is 28.5. The van der Waals surface area contributed by atoms with Gasteiger partial charge in [-0.15, -0.1) is 0 Å². The van der Waals surface area contributed by atoms with Gasteiger partial charge in [-0.1, -0.05) is 38.5 Å². The van der Waals surface area contributed by atoms with Crippen molar-refractivity contribution < 1.29 is 38.4 Å². The fourth-order valence-electron chi connectivity index (χ4n) is 7.08. The van der Waals surface area contributed by atoms with Gasteiger partial charge in [-0.25, -0.2) is 19.2 Å². The number of aromatic nitrogens is 4. The van der Waals surface area contributed by atoms with Gasteiger partial charge in [0.25, 0.3) is 5.56 Å². The van der Waals surface area contributed by atoms with Crippen LogP contribution in [0.2, 0.25) is 0 Å². The third-order valence-electron chi connectivity index (χ3n) is 9.94. The molecule has 3 aliphatic heterocycles. The smallest absolute Gasteiger partial charge is 0.387 e. The van der Waals surface area contributed by atoms with Crippen LogP contribution < -0.4 is 16.6 Å². The van der Waals surface area contributed by atoms with Gasteiger partial charge in [-0.2, -0.15) is 4.98 Å². The molecule has 5 unspecified atom stereocenters. The number of H-pyrrole nitrogens is 1. The first-order valence-electron chi connectivity index (χ1n) is 17.9. The lowest BCUT2D eigenvalue weighted by Gasteiger charge is -2.34. The molecule has 7 N–H and O–H groups in total. The first-order valence-corrected chi connectivity index (χ1v) is 19.4. The van der Waals surface area contributed by atoms with Gasteiger partial charge in [0, 0.05) is 32.2 Å². The zero-order valence-corrected chi connectivity index (χ0v) is 29.4. The summed E-state index contributed by atoms with van der Waals surface area (Å²) in [4.78, 5) is 39.8. The highest BCUT2D eigenvalue weighted by Crippen LogP contribution is 2.47. The Kier molecular flexibility index (Phi) is 12.8. The molecule has 5 atom stereocenters. The van der Waals surface area contributed by atoms with Gasteiger partial charge in [0.15, 0.2) is 23.4 Å². The molecule has 3 saturated heterocycles. The van der Waals surface area contributed by atoms with Crippen LogP contribution in [0.4, 0.5) is 5.95 Å². The Morgan fingerprint density at radius 3 is 2.32 bits per heavy atom. The number of hydrogen-bond acceptors (Lipinski definition) is 12. The van der Waals surface area contributed by atoms with E-state index >= 15 is 0 Å². The number of nitrogen functional groups attached to an aromatic ring is 1. The van der Waals surface area contributed by atoms with Gasteiger partial charge in [-0.05, 0) is 25.7 Å². The predicted molar refractivity (Wildman–Crippen MR) is 183 cm³/mol. The number of nitrogens with one attached hydrogen (secondary N) is 2. The summed E-state index contributed by atoms with van der Waals surface area (Å²) in [6, 6.07) is 1.19. The van der Waals surface area contributed by atoms with E-state index in [1.54, 1.807) is 0 Å². The normalized spacial score (nSPS) is 29.0. The van der Waals surface area contributed by atoms with Crippen molar-refractivity contribution >= 4 is 30.8 Å². The number of nitrogens with zero attached hydrogens (tertiary/aromatic N) is 6. The lowest BCUT2D eigenvalue weighted by atomic mass is 9.95. The average molecular weight is 726 g/mol. The molecule has 2 saturated carbocycles. The number of rotatable bonds is 7. The molecule has 280 valence electrons. The maximum absolute atomic E-state index is 12.4. The van der Waals surface area contributed by atoms with Crippen LogP contribution in [0.3, 0.4) is 0 Å². The monoisotopic (exact) mass is 725 g/mol. The third-order valence-corrected chi connectivity index (χ3v) is 11.5. The highest BCUT2D eigenvalue weighted by Gasteiger charge is 2.46. The number of ether oxygens (including phenoxy) is 3. The van der Waals surface area contributed by atoms with Gasteiger partial charge >= 0.3 is 7.75 Å². The molecule has 5 aliphatic rings. The van der Waals surface area contributed by atoms with Crippen LogP contribution in [0.1, 0.15) is 70.4 Å². The van der Waals surface area contributed by atoms with Crippen LogP contribution in [-0.2, 0) is 23.3 Å². The second kappa shape index (κ2) is 17.2. The molecular weight excluding hydrogens is 673 g/mol. The fraction of sp³-hybridized carbons (Fsp3) is 0.806. The zero-order chi connectivity index (χ0) is 35.1. The second-order valence-corrected chi connectivity index (χ2v) is 15.3. The molecule has 0 radical (unpaired) electrons. The number of nitrogens with two attached hydrogens (primary N) is 1. The fourth-order valence-corrected chi connectivity index (χ4v) is 8.26. The quantitative estimate of drug-likeness (QED) is 0.131. The van der Waals surface area contributed by atoms with Crippen LogP contribution in [-0.4, -0.2) is 140 Å². The SMILES string of the molecule is C1CCC(N=C(NC2CCCCC2)N2CCOCC2)CC1.Nc1nc2c(ncn2C2OC(COP(=O)(O)N3CCOCC3)C(O)C2O)c(=O)[nH]1. The number of aliphatic hydroxyl groups excluding tert-OH is 2. The molecule has 50 heavy (non-hydrogen) atoms. The summed E-state index contributed by atoms with van der Waals surface area (Å²) in [5, 5.41) is 24.5. The van der Waals surface area contributed by atoms with Crippen LogP contribution >= 0.6 is 7.75 Å². The Hall–Kier alpha value is -2.67. The summed E-state index contributed by atoms with van der Waals surface area (Å²) in [6.07, 6.45) is 9.57. The van der Waals surface area contributed by atoms with Crippen molar-refractivity contribution in [1.82, 2.24) is 34.4 Å². The number of hydrogen-bond donors (Lipinski definition) is 6. The van der Waals surface area contributed by atoms with E-state index in [-0.39, 0.29) is 30.2 Å². The van der Waals surface area contributed by atoms with E-state index in [1.165, 1.54) is 85.7 Å². The van der Waals surface area contributed by atoms with Gasteiger partial charge in [-0.3, -0.25) is 18.9 Å². The average Bonchev–Trinajstić information content (AvgIpc) is 3.68. The molecular formula is C31H52N9O9P. The van der Waals surface area contributed by atoms with Crippen molar-refractivity contribution in [3.8, 4) is 0 Å². The van der Waals surface area contributed by atoms with E-state index in [1.807, 2.05) is 0 Å². The number of morpholine rings is 2. The summed E-state index contributed by atoms with van der Waals surface area (Å²) >= 11 is 0. The predicted octanol–water partition coefficient (Wildman–Crippen LogP) is 0.700. The minimum absolute atomic E-state index is 0.0173. The molecule has 0 amide bonds. The molecule has 5 fully saturated rings. The molecule has 19 heteroatoms. The molecule has 2 aliphatic carbocycles. The number of guanidine groups is 1. The summed E-state index contributed by atoms with van der Waals surface area (Å²) in [6.45, 7) is 4.30. The first kappa shape index (κ1) is 37.1. The van der Waals surface area contributed by atoms with Crippen LogP contribution in [0.15, 0.2) is 16.1 Å².